The minimum Gasteiger partial charge on any atom is -0.477 e. The van der Waals surface area contributed by atoms with Crippen LogP contribution in [0.1, 0.15) is 194 Å². The Balaban J connectivity index is 0.000000199. The summed E-state index contributed by atoms with van der Waals surface area (Å²) in [5.41, 5.74) is 10.7. The largest absolute Gasteiger partial charge is 0.477 e. The summed E-state index contributed by atoms with van der Waals surface area (Å²) < 4.78 is 13.8. The number of rotatable bonds is 23. The van der Waals surface area contributed by atoms with Crippen LogP contribution in [0.5, 0.6) is 0 Å². The number of esters is 3. The summed E-state index contributed by atoms with van der Waals surface area (Å²) in [7, 11) is 4.40. The summed E-state index contributed by atoms with van der Waals surface area (Å²) in [5, 5.41) is 25.3. The number of carboxylic acids is 1. The molecule has 0 radical (unpaired) electrons. The number of likely N-dealkylation sites (tertiary alicyclic amines) is 3. The van der Waals surface area contributed by atoms with E-state index < -0.39 is 29.1 Å². The Hall–Kier alpha value is -10.9. The Morgan fingerprint density at radius 1 is 0.469 bits per heavy atom. The number of pyridine rings is 5. The van der Waals surface area contributed by atoms with Gasteiger partial charge in [-0.05, 0) is 218 Å². The van der Waals surface area contributed by atoms with E-state index in [-0.39, 0.29) is 52.3 Å². The van der Waals surface area contributed by atoms with Crippen LogP contribution in [-0.4, -0.2) is 189 Å². The first kappa shape index (κ1) is 89.3. The molecular weight excluding hydrogens is 1470 g/mol. The molecule has 6 atom stereocenters. The fourth-order valence-corrected chi connectivity index (χ4v) is 14.9. The Bertz CT molecular complexity index is 4080. The zero-order chi connectivity index (χ0) is 81.4. The summed E-state index contributed by atoms with van der Waals surface area (Å²) in [6, 6.07) is 25.2. The number of fused-ring (bicyclic) bond motifs is 3. The van der Waals surface area contributed by atoms with E-state index in [0.717, 1.165) is 74.9 Å². The van der Waals surface area contributed by atoms with Gasteiger partial charge in [-0.15, -0.1) is 0 Å². The molecule has 3 saturated carbocycles. The van der Waals surface area contributed by atoms with E-state index >= 15 is 0 Å². The van der Waals surface area contributed by atoms with Crippen LogP contribution < -0.4 is 37.6 Å². The number of anilines is 7. The van der Waals surface area contributed by atoms with Gasteiger partial charge in [0, 0.05) is 64.1 Å². The normalized spacial score (nSPS) is 18.7. The van der Waals surface area contributed by atoms with Crippen molar-refractivity contribution in [3.63, 3.8) is 0 Å². The molecule has 3 saturated heterocycles. The van der Waals surface area contributed by atoms with Gasteiger partial charge in [0.15, 0.2) is 0 Å². The maximum absolute atomic E-state index is 12.5. The van der Waals surface area contributed by atoms with E-state index in [1.54, 1.807) is 56.4 Å². The zero-order valence-electron chi connectivity index (χ0n) is 65.1. The minimum atomic E-state index is -1.07. The van der Waals surface area contributed by atoms with E-state index in [1.165, 1.54) is 179 Å². The fraction of sp³-hybridized carbons (Fsp3) is 0.458. The van der Waals surface area contributed by atoms with Gasteiger partial charge in [-0.25, -0.2) is 44.1 Å². The van der Waals surface area contributed by atoms with Gasteiger partial charge in [0.05, 0.1) is 91.6 Å². The molecule has 30 heteroatoms. The van der Waals surface area contributed by atoms with Crippen molar-refractivity contribution < 1.29 is 67.3 Å². The van der Waals surface area contributed by atoms with Crippen LogP contribution in [0.25, 0.3) is 0 Å². The summed E-state index contributed by atoms with van der Waals surface area (Å²) in [6.45, 7) is 14.2. The molecule has 12 rings (SSSR count). The third kappa shape index (κ3) is 30.3. The van der Waals surface area contributed by atoms with Gasteiger partial charge in [-0.2, -0.15) is 0 Å². The van der Waals surface area contributed by atoms with Crippen LogP contribution in [0.4, 0.5) is 39.8 Å². The fourth-order valence-electron chi connectivity index (χ4n) is 14.9. The lowest BCUT2D eigenvalue weighted by molar-refractivity contribution is -0.117. The van der Waals surface area contributed by atoms with E-state index in [9.17, 15) is 47.9 Å². The second kappa shape index (κ2) is 48.1. The molecule has 9 N–H and O–H groups in total. The number of para-hydroxylation sites is 2. The van der Waals surface area contributed by atoms with E-state index in [4.69, 9.17) is 27.2 Å². The molecule has 5 amide bonds. The minimum absolute atomic E-state index is 0.00875. The summed E-state index contributed by atoms with van der Waals surface area (Å²) in [4.78, 5) is 141. The lowest BCUT2D eigenvalue weighted by Gasteiger charge is -2.44. The average molecular weight is 1580 g/mol. The second-order valence-electron chi connectivity index (χ2n) is 27.9. The number of aromatic nitrogens is 5. The van der Waals surface area contributed by atoms with Crippen LogP contribution in [-0.2, 0) is 38.2 Å². The molecule has 8 heterocycles. The third-order valence-electron chi connectivity index (χ3n) is 20.4. The van der Waals surface area contributed by atoms with Crippen molar-refractivity contribution in [2.24, 2.45) is 17.8 Å². The number of nitrogens with zero attached hydrogens (tertiary/aromatic N) is 8. The number of nitrogen functional groups attached to an aromatic ring is 1. The number of halogens is 1. The molecule has 6 fully saturated rings. The number of hydrogen-bond donors (Lipinski definition) is 8. The van der Waals surface area contributed by atoms with Gasteiger partial charge in [-0.1, -0.05) is 63.8 Å². The Labute approximate surface area is 665 Å². The lowest BCUT2D eigenvalue weighted by atomic mass is 9.78. The molecule has 0 spiro atoms. The van der Waals surface area contributed by atoms with Crippen LogP contribution in [0.3, 0.4) is 0 Å². The zero-order valence-corrected chi connectivity index (χ0v) is 65.8. The maximum Gasteiger partial charge on any atom is 0.356 e. The predicted molar refractivity (Wildman–Crippen MR) is 434 cm³/mol. The second-order valence-corrected chi connectivity index (χ2v) is 28.3. The quantitative estimate of drug-likeness (QED) is 0.0128. The van der Waals surface area contributed by atoms with Gasteiger partial charge in [0.25, 0.3) is 5.91 Å². The predicted octanol–water partition coefficient (Wildman–Crippen LogP) is 12.7. The van der Waals surface area contributed by atoms with Gasteiger partial charge < -0.3 is 57.0 Å². The lowest BCUT2D eigenvalue weighted by Crippen LogP contribution is -2.47. The number of nitrogens with one attached hydrogen (secondary N) is 6. The summed E-state index contributed by atoms with van der Waals surface area (Å²) >= 11 is 4.71. The first-order valence-electron chi connectivity index (χ1n) is 38.7. The van der Waals surface area contributed by atoms with Crippen molar-refractivity contribution >= 4 is 110 Å². The number of aromatic carboxylic acids is 1. The highest BCUT2D eigenvalue weighted by molar-refractivity contribution is 6.66. The molecular formula is C83H108ClN15O14. The molecule has 6 aromatic rings. The number of carboxylic acid groups (broad SMARTS) is 1. The number of benzene rings is 1. The van der Waals surface area contributed by atoms with E-state index in [1.807, 2.05) is 24.3 Å². The van der Waals surface area contributed by atoms with E-state index in [0.29, 0.717) is 83.8 Å². The molecule has 3 aliphatic carbocycles. The standard InChI is InChI=1S/C25H33N5O2.C19H27N3O3.C18H25N3O3.C10H10N2O3.C8H10N2O2.C3H3ClO/c1-26-20-9-3-4-10-21(20)29-25(32)22-13-12-19(17-27-22)28-24(31)14-16-30-15-6-8-18-7-2-5-11-23(18)30;1-25-19(24)16-9-8-15(13-20-16)21-18(23)10-12-22-11-4-6-14-5-2-3-7-17(14)22;22-17(20-14-7-8-15(18(23)24)19-12-14)9-11-21-10-3-5-13-4-1-2-6-16(13)21;1-3-9(13)12-7-4-5-8(11-6-7)10(14)15-2;1-2-12-8(11)7-4-3-6(9)5-10-7;1-2-3(4)5/h3-4,9-10,12-13,17-18,23,26H,2,5-8,11,14-16H2,1H3,(H,28,31)(H,29,32);8-9,13-14,17H,2-7,10-12H2,1H3,(H,21,23);7-8,12-13,16H,1-6,9-11H2,(H,20,22)(H,23,24);3-6H,1H2,2H3,(H,12,13);3-5H,2,9H2,1H3;2H,1H2/t18-,23-;14-,17-;13-,16-;;;/m000.../s1. The van der Waals surface area contributed by atoms with Crippen LogP contribution in [0, 0.1) is 17.8 Å². The molecule has 0 unspecified atom stereocenters. The highest BCUT2D eigenvalue weighted by Gasteiger charge is 2.36. The number of piperidine rings is 3. The number of nitrogens with two attached hydrogens (primary N) is 1. The van der Waals surface area contributed by atoms with Crippen molar-refractivity contribution in [3.8, 4) is 0 Å². The number of hydrogen-bond acceptors (Lipinski definition) is 23. The highest BCUT2D eigenvalue weighted by atomic mass is 35.5. The Morgan fingerprint density at radius 3 is 1.17 bits per heavy atom. The highest BCUT2D eigenvalue weighted by Crippen LogP contribution is 2.38. The molecule has 1 aromatic carbocycles. The van der Waals surface area contributed by atoms with Crippen LogP contribution in [0.2, 0.25) is 0 Å². The Morgan fingerprint density at radius 2 is 0.823 bits per heavy atom. The SMILES string of the molecule is C=CC(=O)Cl.C=CC(=O)Nc1ccc(C(=O)OC)nc1.CCOC(=O)c1ccc(N)cn1.CNc1ccccc1NC(=O)c1ccc(NC(=O)CCN2CCC[C@@H]3CCCC[C@@H]32)cn1.COC(=O)c1ccc(NC(=O)CCN2CCC[C@@H]3CCCC[C@@H]32)cn1.O=C(CCN1CCC[C@@H]2CCCC[C@@H]21)Nc1ccc(C(=O)O)nc1. The molecule has 113 heavy (non-hydrogen) atoms. The van der Waals surface area contributed by atoms with Crippen molar-refractivity contribution in [1.82, 2.24) is 39.6 Å². The Kier molecular flexibility index (Phi) is 38.0. The molecule has 606 valence electrons. The smallest absolute Gasteiger partial charge is 0.356 e. The first-order chi connectivity index (χ1) is 54.6. The summed E-state index contributed by atoms with van der Waals surface area (Å²) in [5.74, 6) is -0.694. The number of carbonyl (C=O) groups is 10. The third-order valence-corrected chi connectivity index (χ3v) is 20.6. The van der Waals surface area contributed by atoms with E-state index in [2.05, 4.69) is 94.2 Å². The molecule has 0 bridgehead atoms. The first-order valence-corrected chi connectivity index (χ1v) is 39.1. The van der Waals surface area contributed by atoms with Crippen molar-refractivity contribution in [3.05, 3.63) is 170 Å². The summed E-state index contributed by atoms with van der Waals surface area (Å²) in [6.07, 6.45) is 34.5. The molecule has 3 aliphatic heterocycles. The number of allylic oxidation sites excluding steroid dienone is 1. The van der Waals surface area contributed by atoms with Crippen LogP contribution in [0.15, 0.2) is 141 Å². The number of ether oxygens (including phenoxy) is 3. The van der Waals surface area contributed by atoms with Crippen molar-refractivity contribution in [2.45, 2.75) is 160 Å². The van der Waals surface area contributed by atoms with Gasteiger partial charge in [0.1, 0.15) is 28.5 Å². The van der Waals surface area contributed by atoms with Gasteiger partial charge in [-0.3, -0.25) is 43.5 Å². The van der Waals surface area contributed by atoms with Crippen LogP contribution >= 0.6 is 11.6 Å². The maximum atomic E-state index is 12.5. The molecule has 29 nitrogen and oxygen atoms in total. The van der Waals surface area contributed by atoms with Crippen molar-refractivity contribution in [1.29, 1.82) is 0 Å². The van der Waals surface area contributed by atoms with Gasteiger partial charge in [0.2, 0.25) is 28.9 Å². The number of methoxy groups -OCH3 is 2. The van der Waals surface area contributed by atoms with Crippen molar-refractivity contribution in [2.75, 3.05) is 105 Å². The van der Waals surface area contributed by atoms with Gasteiger partial charge >= 0.3 is 23.9 Å². The number of amides is 5. The topological polar surface area (TPSA) is 391 Å². The molecule has 6 aliphatic rings. The average Bonchev–Trinajstić information content (AvgIpc) is 0.848. The molecule has 5 aromatic heterocycles. The number of carbonyl (C=O) groups excluding carboxylic acids is 9. The monoisotopic (exact) mass is 1570 g/mol.